The molecule has 1 aromatic rings. The third-order valence-corrected chi connectivity index (χ3v) is 3.73. The summed E-state index contributed by atoms with van der Waals surface area (Å²) < 4.78 is 61.6. The van der Waals surface area contributed by atoms with Crippen molar-refractivity contribution in [2.45, 2.75) is 6.18 Å². The number of benzene rings is 1. The number of nitrogens with one attached hydrogen (secondary N) is 2. The minimum atomic E-state index is -4.58. The van der Waals surface area contributed by atoms with Crippen LogP contribution in [0, 0.1) is 0 Å². The van der Waals surface area contributed by atoms with Crippen LogP contribution in [0.2, 0.25) is 0 Å². The average molecular weight is 389 g/mol. The van der Waals surface area contributed by atoms with E-state index in [-0.39, 0.29) is 23.1 Å². The summed E-state index contributed by atoms with van der Waals surface area (Å²) in [7, 11) is -3.37. The molecule has 0 aliphatic rings. The number of hydrogen-bond donors (Lipinski definition) is 2. The van der Waals surface area contributed by atoms with Gasteiger partial charge >= 0.3 is 6.18 Å². The highest BCUT2D eigenvalue weighted by molar-refractivity contribution is 9.10. The number of sulfonamides is 1. The summed E-state index contributed by atoms with van der Waals surface area (Å²) in [4.78, 5) is 11.7. The van der Waals surface area contributed by atoms with Crippen LogP contribution in [0.5, 0.6) is 0 Å². The molecule has 0 aliphatic carbocycles. The quantitative estimate of drug-likeness (QED) is 0.754. The zero-order valence-corrected chi connectivity index (χ0v) is 13.2. The van der Waals surface area contributed by atoms with Gasteiger partial charge in [-0.25, -0.2) is 13.1 Å². The van der Waals surface area contributed by atoms with Crippen molar-refractivity contribution in [2.75, 3.05) is 19.3 Å². The van der Waals surface area contributed by atoms with Gasteiger partial charge in [0.2, 0.25) is 10.0 Å². The Morgan fingerprint density at radius 2 is 1.90 bits per heavy atom. The highest BCUT2D eigenvalue weighted by Gasteiger charge is 2.33. The lowest BCUT2D eigenvalue weighted by Gasteiger charge is -2.11. The molecule has 0 fully saturated rings. The van der Waals surface area contributed by atoms with Crippen LogP contribution >= 0.6 is 15.9 Å². The Labute approximate surface area is 128 Å². The van der Waals surface area contributed by atoms with Gasteiger partial charge in [0.05, 0.1) is 11.8 Å². The van der Waals surface area contributed by atoms with Crippen LogP contribution in [0.3, 0.4) is 0 Å². The fourth-order valence-electron chi connectivity index (χ4n) is 1.40. The molecule has 0 spiro atoms. The zero-order chi connectivity index (χ0) is 16.3. The van der Waals surface area contributed by atoms with Crippen molar-refractivity contribution in [2.24, 2.45) is 0 Å². The minimum Gasteiger partial charge on any atom is -0.351 e. The van der Waals surface area contributed by atoms with E-state index in [1.54, 1.807) is 0 Å². The number of rotatable bonds is 5. The molecule has 0 saturated carbocycles. The summed E-state index contributed by atoms with van der Waals surface area (Å²) >= 11 is 2.77. The van der Waals surface area contributed by atoms with E-state index in [4.69, 9.17) is 0 Å². The molecule has 0 heterocycles. The van der Waals surface area contributed by atoms with Gasteiger partial charge in [-0.1, -0.05) is 15.9 Å². The van der Waals surface area contributed by atoms with Crippen molar-refractivity contribution < 1.29 is 26.4 Å². The Morgan fingerprint density at radius 3 is 2.43 bits per heavy atom. The number of hydrogen-bond acceptors (Lipinski definition) is 3. The Balaban J connectivity index is 2.71. The maximum Gasteiger partial charge on any atom is 0.417 e. The summed E-state index contributed by atoms with van der Waals surface area (Å²) in [5.74, 6) is -0.719. The summed E-state index contributed by atoms with van der Waals surface area (Å²) in [5, 5.41) is 2.32. The number of carbonyl (C=O) groups is 1. The van der Waals surface area contributed by atoms with Crippen LogP contribution in [0.25, 0.3) is 0 Å². The molecule has 1 rings (SSSR count). The Bertz CT molecular complexity index is 632. The standard InChI is InChI=1S/C11H12BrF3N2O3S/c1-21(19,20)17-5-4-16-10(18)7-2-3-9(12)8(6-7)11(13,14)15/h2-3,6,17H,4-5H2,1H3,(H,16,18). The Morgan fingerprint density at radius 1 is 1.29 bits per heavy atom. The number of halogens is 4. The maximum absolute atomic E-state index is 12.7. The summed E-state index contributed by atoms with van der Waals surface area (Å²) in [6.07, 6.45) is -3.62. The van der Waals surface area contributed by atoms with E-state index < -0.39 is 27.7 Å². The maximum atomic E-state index is 12.7. The van der Waals surface area contributed by atoms with E-state index >= 15 is 0 Å². The van der Waals surface area contributed by atoms with E-state index in [1.165, 1.54) is 6.07 Å². The van der Waals surface area contributed by atoms with Gasteiger partial charge in [-0.05, 0) is 18.2 Å². The molecular formula is C11H12BrF3N2O3S. The first-order valence-corrected chi connectivity index (χ1v) is 8.29. The molecule has 118 valence electrons. The van der Waals surface area contributed by atoms with Crippen molar-refractivity contribution in [3.05, 3.63) is 33.8 Å². The predicted octanol–water partition coefficient (Wildman–Crippen LogP) is 1.75. The van der Waals surface area contributed by atoms with Crippen molar-refractivity contribution in [3.8, 4) is 0 Å². The molecule has 0 saturated heterocycles. The molecule has 0 unspecified atom stereocenters. The summed E-state index contributed by atoms with van der Waals surface area (Å²) in [6.45, 7) is -0.0868. The third kappa shape index (κ3) is 6.02. The summed E-state index contributed by atoms with van der Waals surface area (Å²) in [6, 6.07) is 3.09. The minimum absolute atomic E-state index is 0.0384. The highest BCUT2D eigenvalue weighted by atomic mass is 79.9. The predicted molar refractivity (Wildman–Crippen MR) is 74.3 cm³/mol. The highest BCUT2D eigenvalue weighted by Crippen LogP contribution is 2.35. The van der Waals surface area contributed by atoms with E-state index in [2.05, 4.69) is 26.0 Å². The van der Waals surface area contributed by atoms with Gasteiger partial charge in [0.15, 0.2) is 0 Å². The summed E-state index contributed by atoms with van der Waals surface area (Å²) in [5.41, 5.74) is -1.12. The monoisotopic (exact) mass is 388 g/mol. The molecule has 10 heteroatoms. The van der Waals surface area contributed by atoms with Crippen LogP contribution in [0.15, 0.2) is 22.7 Å². The zero-order valence-electron chi connectivity index (χ0n) is 10.8. The lowest BCUT2D eigenvalue weighted by atomic mass is 10.1. The molecule has 0 aliphatic heterocycles. The molecule has 21 heavy (non-hydrogen) atoms. The van der Waals surface area contributed by atoms with Gasteiger partial charge < -0.3 is 5.32 Å². The molecule has 1 aromatic carbocycles. The van der Waals surface area contributed by atoms with Crippen LogP contribution in [-0.4, -0.2) is 33.7 Å². The smallest absolute Gasteiger partial charge is 0.351 e. The lowest BCUT2D eigenvalue weighted by Crippen LogP contribution is -2.34. The van der Waals surface area contributed by atoms with Crippen LogP contribution in [-0.2, 0) is 16.2 Å². The number of carbonyl (C=O) groups excluding carboxylic acids is 1. The molecule has 0 bridgehead atoms. The van der Waals surface area contributed by atoms with Gasteiger partial charge in [-0.15, -0.1) is 0 Å². The Kier molecular flexibility index (Phi) is 5.76. The second kappa shape index (κ2) is 6.75. The molecule has 5 nitrogen and oxygen atoms in total. The molecule has 2 N–H and O–H groups in total. The lowest BCUT2D eigenvalue weighted by molar-refractivity contribution is -0.138. The van der Waals surface area contributed by atoms with E-state index in [0.29, 0.717) is 0 Å². The molecular weight excluding hydrogens is 377 g/mol. The van der Waals surface area contributed by atoms with Crippen molar-refractivity contribution in [3.63, 3.8) is 0 Å². The topological polar surface area (TPSA) is 75.3 Å². The van der Waals surface area contributed by atoms with Crippen LogP contribution in [0.4, 0.5) is 13.2 Å². The third-order valence-electron chi connectivity index (χ3n) is 2.31. The number of amides is 1. The van der Waals surface area contributed by atoms with Crippen molar-refractivity contribution in [1.29, 1.82) is 0 Å². The largest absolute Gasteiger partial charge is 0.417 e. The van der Waals surface area contributed by atoms with Crippen LogP contribution < -0.4 is 10.0 Å². The van der Waals surface area contributed by atoms with Gasteiger partial charge in [0, 0.05) is 23.1 Å². The normalized spacial score (nSPS) is 12.2. The average Bonchev–Trinajstić information content (AvgIpc) is 2.32. The number of alkyl halides is 3. The first-order chi connectivity index (χ1) is 9.50. The second-order valence-corrected chi connectivity index (χ2v) is 6.80. The first-order valence-electron chi connectivity index (χ1n) is 5.60. The Hall–Kier alpha value is -1.13. The SMILES string of the molecule is CS(=O)(=O)NCCNC(=O)c1ccc(Br)c(C(F)(F)F)c1. The van der Waals surface area contributed by atoms with Gasteiger partial charge in [-0.2, -0.15) is 13.2 Å². The van der Waals surface area contributed by atoms with Crippen molar-refractivity contribution in [1.82, 2.24) is 10.0 Å². The van der Waals surface area contributed by atoms with Gasteiger partial charge in [0.1, 0.15) is 0 Å². The van der Waals surface area contributed by atoms with Gasteiger partial charge in [-0.3, -0.25) is 4.79 Å². The van der Waals surface area contributed by atoms with E-state index in [9.17, 15) is 26.4 Å². The fraction of sp³-hybridized carbons (Fsp3) is 0.364. The van der Waals surface area contributed by atoms with Gasteiger partial charge in [0.25, 0.3) is 5.91 Å². The molecule has 1 amide bonds. The van der Waals surface area contributed by atoms with E-state index in [0.717, 1.165) is 18.4 Å². The molecule has 0 atom stereocenters. The fourth-order valence-corrected chi connectivity index (χ4v) is 2.34. The van der Waals surface area contributed by atoms with Crippen molar-refractivity contribution >= 4 is 31.9 Å². The van der Waals surface area contributed by atoms with E-state index in [1.807, 2.05) is 0 Å². The molecule has 0 radical (unpaired) electrons. The molecule has 0 aromatic heterocycles. The first kappa shape index (κ1) is 17.9. The second-order valence-electron chi connectivity index (χ2n) is 4.11. The van der Waals surface area contributed by atoms with Crippen LogP contribution in [0.1, 0.15) is 15.9 Å².